The second kappa shape index (κ2) is 10.3. The molecule has 2 N–H and O–H groups in total. The molecule has 1 atom stereocenters. The Hall–Kier alpha value is -3.65. The van der Waals surface area contributed by atoms with Gasteiger partial charge < -0.3 is 9.67 Å². The Morgan fingerprint density at radius 1 is 1.18 bits per heavy atom. The van der Waals surface area contributed by atoms with E-state index >= 15 is 0 Å². The van der Waals surface area contributed by atoms with E-state index in [2.05, 4.69) is 27.1 Å². The van der Waals surface area contributed by atoms with Crippen LogP contribution in [0.2, 0.25) is 0 Å². The Kier molecular flexibility index (Phi) is 7.04. The average molecular weight is 463 g/mol. The largest absolute Gasteiger partial charge is 0.388 e. The van der Waals surface area contributed by atoms with E-state index in [0.717, 1.165) is 22.2 Å². The number of amides is 1. The van der Waals surface area contributed by atoms with Crippen molar-refractivity contribution in [2.24, 2.45) is 0 Å². The van der Waals surface area contributed by atoms with Gasteiger partial charge in [-0.2, -0.15) is 0 Å². The van der Waals surface area contributed by atoms with E-state index in [-0.39, 0.29) is 6.61 Å². The molecule has 0 bridgehead atoms. The number of carbonyl (C=O) groups excluding carboxylic acids is 1. The highest BCUT2D eigenvalue weighted by Crippen LogP contribution is 2.17. The van der Waals surface area contributed by atoms with Crippen molar-refractivity contribution in [3.63, 3.8) is 0 Å². The first kappa shape index (κ1) is 22.5. The fourth-order valence-electron chi connectivity index (χ4n) is 3.34. The minimum Gasteiger partial charge on any atom is -0.388 e. The minimum absolute atomic E-state index is 0.0918. The molecule has 0 fully saturated rings. The van der Waals surface area contributed by atoms with Crippen LogP contribution in [0.4, 0.5) is 0 Å². The van der Waals surface area contributed by atoms with Gasteiger partial charge in [0.1, 0.15) is 23.3 Å². The van der Waals surface area contributed by atoms with Crippen molar-refractivity contribution in [1.82, 2.24) is 29.6 Å². The highest BCUT2D eigenvalue weighted by molar-refractivity contribution is 7.99. The summed E-state index contributed by atoms with van der Waals surface area (Å²) in [6.45, 7) is 0.850. The number of nitrogens with zero attached hydrogens (tertiary/aromatic N) is 6. The monoisotopic (exact) mass is 462 g/mol. The third-order valence-electron chi connectivity index (χ3n) is 5.12. The first-order chi connectivity index (χ1) is 16.1. The normalized spacial score (nSPS) is 11.7. The number of hydrogen-bond donors (Lipinski definition) is 2. The van der Waals surface area contributed by atoms with E-state index in [1.54, 1.807) is 17.1 Å². The maximum absolute atomic E-state index is 10.8. The van der Waals surface area contributed by atoms with Gasteiger partial charge in [-0.1, -0.05) is 29.2 Å². The molecule has 9 nitrogen and oxygen atoms in total. The van der Waals surface area contributed by atoms with Crippen LogP contribution in [0.25, 0.3) is 11.0 Å². The number of fused-ring (bicyclic) bond motifs is 1. The van der Waals surface area contributed by atoms with E-state index in [4.69, 9.17) is 0 Å². The molecule has 2 aromatic heterocycles. The van der Waals surface area contributed by atoms with Crippen molar-refractivity contribution in [3.05, 3.63) is 77.4 Å². The Morgan fingerprint density at radius 2 is 1.94 bits per heavy atom. The molecule has 4 aromatic rings. The van der Waals surface area contributed by atoms with Gasteiger partial charge in [0.05, 0.1) is 12.1 Å². The summed E-state index contributed by atoms with van der Waals surface area (Å²) in [6.07, 6.45) is 5.70. The molecule has 2 heterocycles. The maximum Gasteiger partial charge on any atom is 0.234 e. The lowest BCUT2D eigenvalue weighted by atomic mass is 10.1. The van der Waals surface area contributed by atoms with Crippen LogP contribution in [-0.2, 0) is 24.5 Å². The number of rotatable bonds is 8. The lowest BCUT2D eigenvalue weighted by molar-refractivity contribution is -0.153. The van der Waals surface area contributed by atoms with E-state index in [1.165, 1.54) is 11.8 Å². The molecule has 168 valence electrons. The van der Waals surface area contributed by atoms with Gasteiger partial charge in [0, 0.05) is 30.1 Å². The van der Waals surface area contributed by atoms with Crippen LogP contribution >= 0.6 is 11.8 Å². The summed E-state index contributed by atoms with van der Waals surface area (Å²) in [5.74, 6) is 6.94. The Labute approximate surface area is 194 Å². The Balaban J connectivity index is 1.46. The molecule has 2 aromatic carbocycles. The molecule has 0 saturated carbocycles. The molecule has 1 amide bonds. The summed E-state index contributed by atoms with van der Waals surface area (Å²) in [6, 6.07) is 13.6. The van der Waals surface area contributed by atoms with Gasteiger partial charge in [-0.25, -0.2) is 14.7 Å². The van der Waals surface area contributed by atoms with E-state index in [0.29, 0.717) is 35.9 Å². The summed E-state index contributed by atoms with van der Waals surface area (Å²) in [5.41, 5.74) is 4.27. The molecule has 33 heavy (non-hydrogen) atoms. The van der Waals surface area contributed by atoms with Gasteiger partial charge in [0.15, 0.2) is 0 Å². The zero-order valence-electron chi connectivity index (χ0n) is 17.9. The minimum atomic E-state index is -0.459. The molecule has 10 heteroatoms. The van der Waals surface area contributed by atoms with Crippen LogP contribution in [0.3, 0.4) is 0 Å². The number of hydrogen-bond acceptors (Lipinski definition) is 7. The number of benzene rings is 2. The zero-order valence-corrected chi connectivity index (χ0v) is 18.7. The quantitative estimate of drug-likeness (QED) is 0.136. The summed E-state index contributed by atoms with van der Waals surface area (Å²) >= 11 is 1.34. The molecular weight excluding hydrogens is 440 g/mol. The fraction of sp³-hybridized carbons (Fsp3) is 0.217. The molecule has 0 spiro atoms. The van der Waals surface area contributed by atoms with Crippen molar-refractivity contribution in [2.45, 2.75) is 25.1 Å². The molecule has 0 saturated heterocycles. The van der Waals surface area contributed by atoms with Crippen LogP contribution in [0.1, 0.15) is 22.5 Å². The molecule has 0 unspecified atom stereocenters. The third kappa shape index (κ3) is 5.23. The molecule has 4 rings (SSSR count). The summed E-state index contributed by atoms with van der Waals surface area (Å²) in [7, 11) is 0. The fourth-order valence-corrected chi connectivity index (χ4v) is 3.89. The lowest BCUT2D eigenvalue weighted by Crippen LogP contribution is -2.32. The topological polar surface area (TPSA) is 109 Å². The van der Waals surface area contributed by atoms with Gasteiger partial charge >= 0.3 is 0 Å². The second-order valence-electron chi connectivity index (χ2n) is 7.23. The van der Waals surface area contributed by atoms with Gasteiger partial charge in [-0.15, -0.1) is 16.9 Å². The first-order valence-electron chi connectivity index (χ1n) is 10.1. The van der Waals surface area contributed by atoms with Crippen molar-refractivity contribution in [2.75, 3.05) is 6.26 Å². The third-order valence-corrected chi connectivity index (χ3v) is 6.03. The highest BCUT2D eigenvalue weighted by Gasteiger charge is 2.17. The first-order valence-corrected chi connectivity index (χ1v) is 11.4. The smallest absolute Gasteiger partial charge is 0.234 e. The van der Waals surface area contributed by atoms with Crippen molar-refractivity contribution >= 4 is 29.2 Å². The van der Waals surface area contributed by atoms with Crippen molar-refractivity contribution in [1.29, 1.82) is 0 Å². The number of thioether (sulfide) groups is 1. The number of carbonyl (C=O) groups is 1. The maximum atomic E-state index is 10.8. The van der Waals surface area contributed by atoms with Crippen LogP contribution in [0, 0.1) is 11.8 Å². The molecule has 0 radical (unpaired) electrons. The molecular formula is C23H22N6O3S. The lowest BCUT2D eigenvalue weighted by Gasteiger charge is -2.20. The SMILES string of the molecule is CS[C@@H](Cn1nnc2cc(C#Cc3ccc(Cn4ccnc4CO)cc3)ccc21)N(O)C=O. The van der Waals surface area contributed by atoms with Crippen LogP contribution in [0.15, 0.2) is 54.9 Å². The van der Waals surface area contributed by atoms with Crippen molar-refractivity contribution < 1.29 is 15.1 Å². The molecule has 0 aliphatic carbocycles. The number of hydroxylamine groups is 2. The number of aliphatic hydroxyl groups is 1. The molecule has 0 aliphatic heterocycles. The van der Waals surface area contributed by atoms with E-state index in [9.17, 15) is 15.1 Å². The predicted octanol–water partition coefficient (Wildman–Crippen LogP) is 2.10. The zero-order chi connectivity index (χ0) is 23.2. The average Bonchev–Trinajstić information content (AvgIpc) is 3.47. The summed E-state index contributed by atoms with van der Waals surface area (Å²) in [4.78, 5) is 15.0. The number of imidazole rings is 1. The summed E-state index contributed by atoms with van der Waals surface area (Å²) in [5, 5.41) is 27.5. The molecule has 0 aliphatic rings. The Morgan fingerprint density at radius 3 is 2.67 bits per heavy atom. The van der Waals surface area contributed by atoms with Crippen LogP contribution in [-0.4, -0.2) is 58.0 Å². The standard InChI is InChI=1S/C23H22N6O3S/c1-33-23(29(32)16-31)14-28-21-9-8-18(12-20(21)25-26-28)5-2-17-3-6-19(7-4-17)13-27-11-10-24-22(27)15-30/h3-4,6-12,16,23,30,32H,13-15H2,1H3/t23-/m0/s1. The van der Waals surface area contributed by atoms with Crippen molar-refractivity contribution in [3.8, 4) is 11.8 Å². The van der Waals surface area contributed by atoms with Gasteiger partial charge in [0.2, 0.25) is 6.41 Å². The second-order valence-corrected chi connectivity index (χ2v) is 8.24. The summed E-state index contributed by atoms with van der Waals surface area (Å²) < 4.78 is 3.56. The number of aromatic nitrogens is 5. The van der Waals surface area contributed by atoms with Gasteiger partial charge in [-0.3, -0.25) is 10.0 Å². The van der Waals surface area contributed by atoms with E-state index in [1.807, 2.05) is 53.2 Å². The highest BCUT2D eigenvalue weighted by atomic mass is 32.2. The van der Waals surface area contributed by atoms with Crippen LogP contribution < -0.4 is 0 Å². The number of aliphatic hydroxyl groups excluding tert-OH is 1. The van der Waals surface area contributed by atoms with E-state index < -0.39 is 5.37 Å². The predicted molar refractivity (Wildman–Crippen MR) is 124 cm³/mol. The van der Waals surface area contributed by atoms with Gasteiger partial charge in [0.25, 0.3) is 0 Å². The van der Waals surface area contributed by atoms with Gasteiger partial charge in [-0.05, 0) is 42.2 Å². The Bertz CT molecular complexity index is 1310. The van der Waals surface area contributed by atoms with Crippen LogP contribution in [0.5, 0.6) is 0 Å².